The Morgan fingerprint density at radius 2 is 1.71 bits per heavy atom. The molecule has 0 spiro atoms. The molecule has 6 heteroatoms. The summed E-state index contributed by atoms with van der Waals surface area (Å²) in [5.74, 6) is 0. The van der Waals surface area contributed by atoms with Crippen molar-refractivity contribution >= 4 is 21.4 Å². The Balaban J connectivity index is 2.31. The standard InChI is InChI=1S/C15H17ClN2O2S/c16-13-5-7-14(8-6-13)21(19,20)15(11-17)12-18-9-3-1-2-4-10-18/h5-8,12H,1-4,9-10H2. The molecular formula is C15H17ClN2O2S. The molecule has 0 radical (unpaired) electrons. The molecule has 1 fully saturated rings. The highest BCUT2D eigenvalue weighted by Gasteiger charge is 2.22. The van der Waals surface area contributed by atoms with Crippen molar-refractivity contribution in [2.75, 3.05) is 13.1 Å². The van der Waals surface area contributed by atoms with E-state index in [4.69, 9.17) is 11.6 Å². The molecule has 0 aromatic heterocycles. The average Bonchev–Trinajstić information content (AvgIpc) is 2.73. The van der Waals surface area contributed by atoms with Gasteiger partial charge in [0.05, 0.1) is 4.90 Å². The van der Waals surface area contributed by atoms with Gasteiger partial charge in [-0.1, -0.05) is 24.4 Å². The van der Waals surface area contributed by atoms with Gasteiger partial charge in [0.2, 0.25) is 9.84 Å². The summed E-state index contributed by atoms with van der Waals surface area (Å²) in [5, 5.41) is 9.69. The summed E-state index contributed by atoms with van der Waals surface area (Å²) < 4.78 is 24.9. The first-order valence-corrected chi connectivity index (χ1v) is 8.77. The summed E-state index contributed by atoms with van der Waals surface area (Å²) in [6, 6.07) is 7.68. The second-order valence-corrected chi connectivity index (χ2v) is 7.37. The van der Waals surface area contributed by atoms with Gasteiger partial charge in [0.15, 0.2) is 4.91 Å². The predicted octanol–water partition coefficient (Wildman–Crippen LogP) is 3.35. The monoisotopic (exact) mass is 324 g/mol. The van der Waals surface area contributed by atoms with Crippen molar-refractivity contribution in [1.82, 2.24) is 4.90 Å². The second-order valence-electron chi connectivity index (χ2n) is 5.01. The van der Waals surface area contributed by atoms with Gasteiger partial charge in [0.1, 0.15) is 6.07 Å². The fourth-order valence-corrected chi connectivity index (χ4v) is 3.57. The van der Waals surface area contributed by atoms with E-state index in [0.29, 0.717) is 5.02 Å². The SMILES string of the molecule is N#CC(=CN1CCCCCC1)S(=O)(=O)c1ccc(Cl)cc1. The number of benzene rings is 1. The topological polar surface area (TPSA) is 61.2 Å². The van der Waals surface area contributed by atoms with Gasteiger partial charge in [0.25, 0.3) is 0 Å². The summed E-state index contributed by atoms with van der Waals surface area (Å²) >= 11 is 5.77. The van der Waals surface area contributed by atoms with Crippen LogP contribution in [0.15, 0.2) is 40.3 Å². The highest BCUT2D eigenvalue weighted by Crippen LogP contribution is 2.22. The van der Waals surface area contributed by atoms with Crippen LogP contribution in [0.5, 0.6) is 0 Å². The summed E-state index contributed by atoms with van der Waals surface area (Å²) in [6.45, 7) is 1.59. The van der Waals surface area contributed by atoms with E-state index >= 15 is 0 Å². The van der Waals surface area contributed by atoms with Crippen LogP contribution in [0.25, 0.3) is 0 Å². The van der Waals surface area contributed by atoms with E-state index in [2.05, 4.69) is 0 Å². The Kier molecular flexibility index (Phi) is 5.27. The first-order chi connectivity index (χ1) is 10.0. The highest BCUT2D eigenvalue weighted by atomic mass is 35.5. The van der Waals surface area contributed by atoms with Crippen LogP contribution in [0.3, 0.4) is 0 Å². The minimum Gasteiger partial charge on any atom is -0.376 e. The van der Waals surface area contributed by atoms with Crippen molar-refractivity contribution in [1.29, 1.82) is 5.26 Å². The molecule has 0 aliphatic carbocycles. The van der Waals surface area contributed by atoms with Crippen molar-refractivity contribution in [3.05, 3.63) is 40.4 Å². The molecule has 112 valence electrons. The van der Waals surface area contributed by atoms with Crippen LogP contribution in [0, 0.1) is 11.3 Å². The molecule has 1 heterocycles. The number of halogens is 1. The molecule has 1 aliphatic rings. The highest BCUT2D eigenvalue weighted by molar-refractivity contribution is 7.95. The first kappa shape index (κ1) is 15.9. The molecule has 21 heavy (non-hydrogen) atoms. The summed E-state index contributed by atoms with van der Waals surface area (Å²) in [7, 11) is -3.78. The van der Waals surface area contributed by atoms with E-state index in [1.807, 2.05) is 11.0 Å². The molecule has 0 bridgehead atoms. The Morgan fingerprint density at radius 1 is 1.14 bits per heavy atom. The summed E-state index contributed by atoms with van der Waals surface area (Å²) in [4.78, 5) is 1.81. The van der Waals surface area contributed by atoms with Gasteiger partial charge in [-0.2, -0.15) is 5.26 Å². The lowest BCUT2D eigenvalue weighted by atomic mass is 10.2. The third kappa shape index (κ3) is 3.99. The van der Waals surface area contributed by atoms with Crippen molar-refractivity contribution in [3.63, 3.8) is 0 Å². The number of hydrogen-bond donors (Lipinski definition) is 0. The van der Waals surface area contributed by atoms with Gasteiger partial charge in [0, 0.05) is 24.3 Å². The van der Waals surface area contributed by atoms with Gasteiger partial charge in [-0.05, 0) is 37.1 Å². The van der Waals surface area contributed by atoms with E-state index in [1.165, 1.54) is 30.5 Å². The average molecular weight is 325 g/mol. The van der Waals surface area contributed by atoms with Crippen LogP contribution in [-0.4, -0.2) is 26.4 Å². The van der Waals surface area contributed by atoms with Gasteiger partial charge >= 0.3 is 0 Å². The molecule has 1 saturated heterocycles. The lowest BCUT2D eigenvalue weighted by Gasteiger charge is -2.17. The van der Waals surface area contributed by atoms with Crippen molar-refractivity contribution in [3.8, 4) is 6.07 Å². The van der Waals surface area contributed by atoms with E-state index in [0.717, 1.165) is 38.8 Å². The van der Waals surface area contributed by atoms with E-state index in [1.54, 1.807) is 0 Å². The second kappa shape index (κ2) is 6.97. The maximum Gasteiger partial charge on any atom is 0.218 e. The first-order valence-electron chi connectivity index (χ1n) is 6.90. The number of nitrogens with zero attached hydrogens (tertiary/aromatic N) is 2. The fraction of sp³-hybridized carbons (Fsp3) is 0.400. The number of likely N-dealkylation sites (tertiary alicyclic amines) is 1. The largest absolute Gasteiger partial charge is 0.376 e. The van der Waals surface area contributed by atoms with Crippen LogP contribution < -0.4 is 0 Å². The molecule has 0 saturated carbocycles. The minimum atomic E-state index is -3.78. The number of hydrogen-bond acceptors (Lipinski definition) is 4. The van der Waals surface area contributed by atoms with Gasteiger partial charge in [-0.15, -0.1) is 0 Å². The predicted molar refractivity (Wildman–Crippen MR) is 82.4 cm³/mol. The zero-order valence-corrected chi connectivity index (χ0v) is 13.2. The number of allylic oxidation sites excluding steroid dienone is 1. The van der Waals surface area contributed by atoms with Gasteiger partial charge in [-0.25, -0.2) is 8.42 Å². The molecule has 4 nitrogen and oxygen atoms in total. The number of rotatable bonds is 3. The molecule has 0 unspecified atom stereocenters. The Hall–Kier alpha value is -1.51. The molecule has 1 aromatic rings. The maximum absolute atomic E-state index is 12.5. The molecular weight excluding hydrogens is 308 g/mol. The molecule has 0 amide bonds. The lowest BCUT2D eigenvalue weighted by Crippen LogP contribution is -2.20. The molecule has 2 rings (SSSR count). The molecule has 0 atom stereocenters. The zero-order chi connectivity index (χ0) is 15.3. The Bertz CT molecular complexity index is 652. The number of sulfone groups is 1. The van der Waals surface area contributed by atoms with Crippen molar-refractivity contribution in [2.45, 2.75) is 30.6 Å². The minimum absolute atomic E-state index is 0.0921. The number of nitriles is 1. The summed E-state index contributed by atoms with van der Waals surface area (Å²) in [6.07, 6.45) is 5.83. The Labute approximate surface area is 130 Å². The lowest BCUT2D eigenvalue weighted by molar-refractivity contribution is 0.391. The smallest absolute Gasteiger partial charge is 0.218 e. The molecule has 0 N–H and O–H groups in total. The third-order valence-electron chi connectivity index (χ3n) is 3.46. The van der Waals surface area contributed by atoms with E-state index in [9.17, 15) is 13.7 Å². The zero-order valence-electron chi connectivity index (χ0n) is 11.6. The van der Waals surface area contributed by atoms with Crippen LogP contribution in [0.2, 0.25) is 5.02 Å². The third-order valence-corrected chi connectivity index (χ3v) is 5.38. The van der Waals surface area contributed by atoms with Gasteiger partial charge < -0.3 is 4.90 Å². The fourth-order valence-electron chi connectivity index (χ4n) is 2.29. The molecule has 1 aliphatic heterocycles. The van der Waals surface area contributed by atoms with Gasteiger partial charge in [-0.3, -0.25) is 0 Å². The normalized spacial score (nSPS) is 17.1. The van der Waals surface area contributed by atoms with E-state index in [-0.39, 0.29) is 9.80 Å². The van der Waals surface area contributed by atoms with Crippen molar-refractivity contribution < 1.29 is 8.42 Å². The molecule has 1 aromatic carbocycles. The quantitative estimate of drug-likeness (QED) is 0.800. The van der Waals surface area contributed by atoms with Crippen LogP contribution in [-0.2, 0) is 9.84 Å². The van der Waals surface area contributed by atoms with Crippen molar-refractivity contribution in [2.24, 2.45) is 0 Å². The maximum atomic E-state index is 12.5. The van der Waals surface area contributed by atoms with Crippen LogP contribution in [0.1, 0.15) is 25.7 Å². The Morgan fingerprint density at radius 3 is 2.24 bits per heavy atom. The summed E-state index contributed by atoms with van der Waals surface area (Å²) in [5.41, 5.74) is 0. The van der Waals surface area contributed by atoms with Crippen LogP contribution >= 0.6 is 11.6 Å². The van der Waals surface area contributed by atoms with E-state index < -0.39 is 9.84 Å². The van der Waals surface area contributed by atoms with Crippen LogP contribution in [0.4, 0.5) is 0 Å².